The van der Waals surface area contributed by atoms with Crippen molar-refractivity contribution in [2.24, 2.45) is 5.92 Å². The molecule has 2 saturated heterocycles. The highest BCUT2D eigenvalue weighted by Gasteiger charge is 2.24. The first-order valence-electron chi connectivity index (χ1n) is 8.18. The smallest absolute Gasteiger partial charge is 0.225 e. The van der Waals surface area contributed by atoms with E-state index in [1.165, 1.54) is 51.7 Å². The molecule has 1 atom stereocenters. The summed E-state index contributed by atoms with van der Waals surface area (Å²) in [4.78, 5) is 13.8. The van der Waals surface area contributed by atoms with E-state index < -0.39 is 0 Å². The third-order valence-corrected chi connectivity index (χ3v) is 4.62. The molecule has 3 rings (SSSR count). The van der Waals surface area contributed by atoms with Crippen LogP contribution in [-0.4, -0.2) is 54.7 Å². The van der Waals surface area contributed by atoms with Crippen LogP contribution in [0.2, 0.25) is 0 Å². The van der Waals surface area contributed by atoms with Crippen LogP contribution in [0.1, 0.15) is 32.1 Å². The minimum atomic E-state index is 0.723. The van der Waals surface area contributed by atoms with Gasteiger partial charge < -0.3 is 14.5 Å². The summed E-state index contributed by atoms with van der Waals surface area (Å²) >= 11 is 0. The van der Waals surface area contributed by atoms with E-state index >= 15 is 0 Å². The summed E-state index contributed by atoms with van der Waals surface area (Å²) in [7, 11) is 1.65. The minimum absolute atomic E-state index is 0.723. The Balaban J connectivity index is 1.56. The topological polar surface area (TPSA) is 41.5 Å². The zero-order valence-electron chi connectivity index (χ0n) is 13.0. The Morgan fingerprint density at radius 1 is 1.10 bits per heavy atom. The Labute approximate surface area is 127 Å². The van der Waals surface area contributed by atoms with Crippen molar-refractivity contribution in [3.63, 3.8) is 0 Å². The third-order valence-electron chi connectivity index (χ3n) is 4.62. The summed E-state index contributed by atoms with van der Waals surface area (Å²) in [5, 5.41) is 0. The van der Waals surface area contributed by atoms with Crippen LogP contribution in [0, 0.1) is 5.92 Å². The second-order valence-electron chi connectivity index (χ2n) is 6.24. The van der Waals surface area contributed by atoms with Crippen molar-refractivity contribution in [1.82, 2.24) is 14.9 Å². The molecule has 1 aromatic heterocycles. The molecule has 3 heterocycles. The molecule has 2 fully saturated rings. The Kier molecular flexibility index (Phi) is 4.91. The lowest BCUT2D eigenvalue weighted by Crippen LogP contribution is -2.43. The highest BCUT2D eigenvalue weighted by atomic mass is 16.5. The molecular weight excluding hydrogens is 264 g/mol. The monoisotopic (exact) mass is 290 g/mol. The molecule has 2 aliphatic heterocycles. The van der Waals surface area contributed by atoms with Crippen molar-refractivity contribution in [3.05, 3.63) is 12.4 Å². The maximum atomic E-state index is 5.13. The number of hydrogen-bond acceptors (Lipinski definition) is 5. The quantitative estimate of drug-likeness (QED) is 0.850. The molecule has 0 bridgehead atoms. The van der Waals surface area contributed by atoms with Crippen molar-refractivity contribution in [3.8, 4) is 5.75 Å². The van der Waals surface area contributed by atoms with Crippen LogP contribution in [0.15, 0.2) is 12.4 Å². The van der Waals surface area contributed by atoms with Crippen molar-refractivity contribution in [2.45, 2.75) is 32.1 Å². The number of ether oxygens (including phenoxy) is 1. The molecule has 0 spiro atoms. The molecule has 0 aromatic carbocycles. The molecule has 0 N–H and O–H groups in total. The molecular formula is C16H26N4O. The third kappa shape index (κ3) is 3.84. The fourth-order valence-corrected chi connectivity index (χ4v) is 3.48. The van der Waals surface area contributed by atoms with Crippen molar-refractivity contribution < 1.29 is 4.74 Å². The van der Waals surface area contributed by atoms with E-state index in [9.17, 15) is 0 Å². The van der Waals surface area contributed by atoms with Gasteiger partial charge in [-0.25, -0.2) is 9.97 Å². The van der Waals surface area contributed by atoms with E-state index in [0.717, 1.165) is 30.7 Å². The molecule has 0 amide bonds. The van der Waals surface area contributed by atoms with Gasteiger partial charge >= 0.3 is 0 Å². The summed E-state index contributed by atoms with van der Waals surface area (Å²) in [5.41, 5.74) is 0. The number of nitrogens with zero attached hydrogens (tertiary/aromatic N) is 4. The fraction of sp³-hybridized carbons (Fsp3) is 0.750. The molecule has 21 heavy (non-hydrogen) atoms. The zero-order valence-corrected chi connectivity index (χ0v) is 13.0. The first-order valence-corrected chi connectivity index (χ1v) is 8.18. The second kappa shape index (κ2) is 7.07. The van der Waals surface area contributed by atoms with Crippen molar-refractivity contribution >= 4 is 5.95 Å². The van der Waals surface area contributed by atoms with E-state index in [0.29, 0.717) is 0 Å². The van der Waals surface area contributed by atoms with Crippen LogP contribution in [-0.2, 0) is 0 Å². The maximum absolute atomic E-state index is 5.13. The van der Waals surface area contributed by atoms with Gasteiger partial charge in [0.1, 0.15) is 0 Å². The number of likely N-dealkylation sites (tertiary alicyclic amines) is 1. The summed E-state index contributed by atoms with van der Waals surface area (Å²) < 4.78 is 5.13. The van der Waals surface area contributed by atoms with Crippen LogP contribution >= 0.6 is 0 Å². The van der Waals surface area contributed by atoms with Crippen molar-refractivity contribution in [2.75, 3.05) is 44.7 Å². The average Bonchev–Trinajstić information content (AvgIpc) is 2.56. The molecule has 0 saturated carbocycles. The van der Waals surface area contributed by atoms with Gasteiger partial charge in [0.2, 0.25) is 5.95 Å². The van der Waals surface area contributed by atoms with E-state index in [1.807, 2.05) is 0 Å². The Morgan fingerprint density at radius 2 is 1.86 bits per heavy atom. The standard InChI is InChI=1S/C16H26N4O/c1-21-15-10-17-16(18-11-15)20-9-5-6-14(13-20)12-19-7-3-2-4-8-19/h10-11,14H,2-9,12-13H2,1H3/t14-/m1/s1. The van der Waals surface area contributed by atoms with Gasteiger partial charge in [-0.05, 0) is 44.7 Å². The number of hydrogen-bond donors (Lipinski definition) is 0. The lowest BCUT2D eigenvalue weighted by Gasteiger charge is -2.36. The van der Waals surface area contributed by atoms with Gasteiger partial charge in [-0.3, -0.25) is 0 Å². The zero-order chi connectivity index (χ0) is 14.5. The normalized spacial score (nSPS) is 24.0. The molecule has 0 unspecified atom stereocenters. The first-order chi connectivity index (χ1) is 10.3. The Morgan fingerprint density at radius 3 is 2.57 bits per heavy atom. The largest absolute Gasteiger partial charge is 0.494 e. The number of rotatable bonds is 4. The fourth-order valence-electron chi connectivity index (χ4n) is 3.48. The highest BCUT2D eigenvalue weighted by molar-refractivity contribution is 5.32. The SMILES string of the molecule is COc1cnc(N2CCC[C@H](CN3CCCCC3)C2)nc1. The molecule has 2 aliphatic rings. The van der Waals surface area contributed by atoms with Crippen LogP contribution < -0.4 is 9.64 Å². The van der Waals surface area contributed by atoms with E-state index in [1.54, 1.807) is 19.5 Å². The predicted molar refractivity (Wildman–Crippen MR) is 83.8 cm³/mol. The van der Waals surface area contributed by atoms with Crippen LogP contribution in [0.4, 0.5) is 5.95 Å². The maximum Gasteiger partial charge on any atom is 0.225 e. The Bertz CT molecular complexity index is 430. The number of aromatic nitrogens is 2. The van der Waals surface area contributed by atoms with Gasteiger partial charge in [0.25, 0.3) is 0 Å². The lowest BCUT2D eigenvalue weighted by atomic mass is 9.96. The summed E-state index contributed by atoms with van der Waals surface area (Å²) in [5.74, 6) is 2.32. The predicted octanol–water partition coefficient (Wildman–Crippen LogP) is 2.19. The van der Waals surface area contributed by atoms with Gasteiger partial charge in [-0.2, -0.15) is 0 Å². The van der Waals surface area contributed by atoms with Gasteiger partial charge in [0.05, 0.1) is 19.5 Å². The van der Waals surface area contributed by atoms with Crippen LogP contribution in [0.3, 0.4) is 0 Å². The molecule has 0 aliphatic carbocycles. The van der Waals surface area contributed by atoms with E-state index in [2.05, 4.69) is 19.8 Å². The first kappa shape index (κ1) is 14.6. The summed E-state index contributed by atoms with van der Waals surface area (Å²) in [6.45, 7) is 5.98. The van der Waals surface area contributed by atoms with Gasteiger partial charge in [-0.15, -0.1) is 0 Å². The molecule has 5 nitrogen and oxygen atoms in total. The van der Waals surface area contributed by atoms with Gasteiger partial charge in [-0.1, -0.05) is 6.42 Å². The van der Waals surface area contributed by atoms with Gasteiger partial charge in [0, 0.05) is 19.6 Å². The van der Waals surface area contributed by atoms with Crippen LogP contribution in [0.5, 0.6) is 5.75 Å². The molecule has 5 heteroatoms. The molecule has 0 radical (unpaired) electrons. The number of methoxy groups -OCH3 is 1. The minimum Gasteiger partial charge on any atom is -0.494 e. The van der Waals surface area contributed by atoms with E-state index in [-0.39, 0.29) is 0 Å². The number of piperidine rings is 2. The average molecular weight is 290 g/mol. The van der Waals surface area contributed by atoms with Gasteiger partial charge in [0.15, 0.2) is 5.75 Å². The molecule has 116 valence electrons. The van der Waals surface area contributed by atoms with E-state index in [4.69, 9.17) is 4.74 Å². The number of anilines is 1. The summed E-state index contributed by atoms with van der Waals surface area (Å²) in [6.07, 6.45) is 10.3. The Hall–Kier alpha value is -1.36. The van der Waals surface area contributed by atoms with Crippen molar-refractivity contribution in [1.29, 1.82) is 0 Å². The highest BCUT2D eigenvalue weighted by Crippen LogP contribution is 2.23. The van der Waals surface area contributed by atoms with Crippen LogP contribution in [0.25, 0.3) is 0 Å². The summed E-state index contributed by atoms with van der Waals surface area (Å²) in [6, 6.07) is 0. The lowest BCUT2D eigenvalue weighted by molar-refractivity contribution is 0.185. The molecule has 1 aromatic rings. The second-order valence-corrected chi connectivity index (χ2v) is 6.24.